The van der Waals surface area contributed by atoms with Crippen molar-refractivity contribution in [2.24, 2.45) is 0 Å². The maximum absolute atomic E-state index is 13.3. The highest BCUT2D eigenvalue weighted by Gasteiger charge is 2.45. The van der Waals surface area contributed by atoms with Crippen LogP contribution in [0.25, 0.3) is 0 Å². The molecule has 1 saturated heterocycles. The Bertz CT molecular complexity index is 2120. The molecule has 4 atom stereocenters. The minimum atomic E-state index is -1.64. The van der Waals surface area contributed by atoms with Crippen LogP contribution >= 0.6 is 8.53 Å². The third kappa shape index (κ3) is 9.41. The van der Waals surface area contributed by atoms with Crippen molar-refractivity contribution < 1.29 is 28.0 Å². The van der Waals surface area contributed by atoms with Crippen LogP contribution in [0.5, 0.6) is 11.5 Å². The minimum absolute atomic E-state index is 0.0650. The van der Waals surface area contributed by atoms with E-state index in [0.717, 1.165) is 27.8 Å². The normalized spacial score (nSPS) is 17.7. The van der Waals surface area contributed by atoms with Crippen LogP contribution in [0.3, 0.4) is 0 Å². The molecule has 0 saturated carbocycles. The Morgan fingerprint density at radius 2 is 1.35 bits per heavy atom. The van der Waals surface area contributed by atoms with Crippen LogP contribution in [0, 0.1) is 13.8 Å². The van der Waals surface area contributed by atoms with Crippen molar-refractivity contribution in [2.45, 2.75) is 90.7 Å². The topological polar surface area (TPSA) is 113 Å². The lowest BCUT2D eigenvalue weighted by Crippen LogP contribution is -2.39. The standard InChI is InChI=1S/C45H54N3O8P/c1-30(2)48(31(3)4)57(54-28-34-15-13-12-14-32(34)5)56-40-26-42(47-27-33(6)43(49)46-44(47)50)55-41(40)29-53-45(35-16-10-9-11-17-35,36-18-22-38(51-7)23-19-36)37-20-24-39(52-8)25-21-37/h9-25,27,30-31,40-42H,26,28-29H2,1-8H3,(H,46,49,50)/t40?,41-,42-,57?/m1/s1. The fourth-order valence-electron chi connectivity index (χ4n) is 7.35. The van der Waals surface area contributed by atoms with Crippen LogP contribution in [0.15, 0.2) is 119 Å². The number of benzene rings is 4. The number of methoxy groups -OCH3 is 2. The Labute approximate surface area is 336 Å². The number of hydrogen-bond acceptors (Lipinski definition) is 9. The van der Waals surface area contributed by atoms with E-state index in [4.69, 9.17) is 28.0 Å². The lowest BCUT2D eigenvalue weighted by atomic mass is 9.80. The molecule has 2 heterocycles. The van der Waals surface area contributed by atoms with Gasteiger partial charge in [0.25, 0.3) is 14.1 Å². The van der Waals surface area contributed by atoms with Gasteiger partial charge in [0, 0.05) is 30.3 Å². The summed E-state index contributed by atoms with van der Waals surface area (Å²) in [6, 6.07) is 34.1. The first-order valence-electron chi connectivity index (χ1n) is 19.3. The summed E-state index contributed by atoms with van der Waals surface area (Å²) in [6.07, 6.45) is -0.139. The Morgan fingerprint density at radius 3 is 1.91 bits per heavy atom. The fourth-order valence-corrected chi connectivity index (χ4v) is 9.11. The highest BCUT2D eigenvalue weighted by molar-refractivity contribution is 7.44. The van der Waals surface area contributed by atoms with Crippen LogP contribution in [-0.4, -0.2) is 59.3 Å². The third-order valence-electron chi connectivity index (χ3n) is 10.3. The van der Waals surface area contributed by atoms with Crippen molar-refractivity contribution in [1.29, 1.82) is 0 Å². The molecular weight excluding hydrogens is 741 g/mol. The molecule has 1 aliphatic rings. The number of nitrogens with zero attached hydrogens (tertiary/aromatic N) is 2. The van der Waals surface area contributed by atoms with E-state index in [9.17, 15) is 9.59 Å². The van der Waals surface area contributed by atoms with Crippen molar-refractivity contribution in [2.75, 3.05) is 20.8 Å². The average Bonchev–Trinajstić information content (AvgIpc) is 3.61. The summed E-state index contributed by atoms with van der Waals surface area (Å²) >= 11 is 0. The summed E-state index contributed by atoms with van der Waals surface area (Å²) in [5.74, 6) is 1.43. The van der Waals surface area contributed by atoms with E-state index in [2.05, 4.69) is 56.4 Å². The molecule has 1 N–H and O–H groups in total. The summed E-state index contributed by atoms with van der Waals surface area (Å²) in [7, 11) is 1.64. The molecule has 0 radical (unpaired) electrons. The Hall–Kier alpha value is -4.61. The highest BCUT2D eigenvalue weighted by atomic mass is 31.2. The molecule has 57 heavy (non-hydrogen) atoms. The molecule has 0 amide bonds. The monoisotopic (exact) mass is 795 g/mol. The SMILES string of the molecule is COc1ccc(C(OC[C@H]2O[C@@H](n3cc(C)c(=O)[nH]c3=O)CC2OP(OCc2ccccc2C)N(C(C)C)C(C)C)(c2ccccc2)c2ccc(OC)cc2)cc1. The first-order valence-corrected chi connectivity index (χ1v) is 20.5. The maximum Gasteiger partial charge on any atom is 0.330 e. The van der Waals surface area contributed by atoms with E-state index in [1.165, 1.54) is 4.57 Å². The lowest BCUT2D eigenvalue weighted by Gasteiger charge is -2.39. The van der Waals surface area contributed by atoms with Gasteiger partial charge in [-0.2, -0.15) is 0 Å². The van der Waals surface area contributed by atoms with E-state index in [1.54, 1.807) is 27.3 Å². The summed E-state index contributed by atoms with van der Waals surface area (Å²) in [6.45, 7) is 12.7. The fraction of sp³-hybridized carbons (Fsp3) is 0.378. The molecule has 0 bridgehead atoms. The second-order valence-corrected chi connectivity index (χ2v) is 16.2. The summed E-state index contributed by atoms with van der Waals surface area (Å²) in [5.41, 5.74) is 3.12. The molecular formula is C45H54N3O8P. The van der Waals surface area contributed by atoms with Gasteiger partial charge in [-0.05, 0) is 93.6 Å². The predicted octanol–water partition coefficient (Wildman–Crippen LogP) is 8.41. The van der Waals surface area contributed by atoms with Gasteiger partial charge in [0.05, 0.1) is 33.5 Å². The lowest BCUT2D eigenvalue weighted by molar-refractivity contribution is -0.0926. The van der Waals surface area contributed by atoms with E-state index >= 15 is 0 Å². The van der Waals surface area contributed by atoms with Crippen LogP contribution in [0.1, 0.15) is 73.7 Å². The number of aryl methyl sites for hydroxylation is 2. The number of ether oxygens (including phenoxy) is 4. The molecule has 1 aliphatic heterocycles. The van der Waals surface area contributed by atoms with Crippen molar-refractivity contribution >= 4 is 8.53 Å². The molecule has 6 rings (SSSR count). The Balaban J connectivity index is 1.43. The largest absolute Gasteiger partial charge is 0.497 e. The molecule has 5 aromatic rings. The zero-order valence-corrected chi connectivity index (χ0v) is 34.9. The zero-order valence-electron chi connectivity index (χ0n) is 34.0. The highest BCUT2D eigenvalue weighted by Crippen LogP contribution is 2.51. The molecule has 2 unspecified atom stereocenters. The quantitative estimate of drug-likeness (QED) is 0.0732. The van der Waals surface area contributed by atoms with Gasteiger partial charge in [-0.1, -0.05) is 78.9 Å². The maximum atomic E-state index is 13.3. The zero-order chi connectivity index (χ0) is 40.7. The number of aromatic nitrogens is 2. The van der Waals surface area contributed by atoms with Crippen LogP contribution < -0.4 is 20.7 Å². The second kappa shape index (κ2) is 18.8. The van der Waals surface area contributed by atoms with Gasteiger partial charge in [0.2, 0.25) is 0 Å². The molecule has 4 aromatic carbocycles. The van der Waals surface area contributed by atoms with Crippen molar-refractivity contribution in [3.8, 4) is 11.5 Å². The van der Waals surface area contributed by atoms with E-state index < -0.39 is 43.8 Å². The van der Waals surface area contributed by atoms with Crippen molar-refractivity contribution in [3.63, 3.8) is 0 Å². The van der Waals surface area contributed by atoms with E-state index in [1.807, 2.05) is 91.0 Å². The summed E-state index contributed by atoms with van der Waals surface area (Å²) < 4.78 is 42.7. The first-order chi connectivity index (χ1) is 27.4. The summed E-state index contributed by atoms with van der Waals surface area (Å²) in [4.78, 5) is 28.1. The molecule has 12 heteroatoms. The molecule has 0 aliphatic carbocycles. The van der Waals surface area contributed by atoms with Crippen molar-refractivity contribution in [3.05, 3.63) is 164 Å². The summed E-state index contributed by atoms with van der Waals surface area (Å²) in [5, 5.41) is 0. The number of nitrogens with one attached hydrogen (secondary N) is 1. The molecule has 0 spiro atoms. The average molecular weight is 796 g/mol. The van der Waals surface area contributed by atoms with Gasteiger partial charge in [-0.15, -0.1) is 0 Å². The molecule has 1 fully saturated rings. The number of H-pyrrole nitrogens is 1. The Morgan fingerprint density at radius 1 is 0.789 bits per heavy atom. The number of rotatable bonds is 17. The van der Waals surface area contributed by atoms with E-state index in [-0.39, 0.29) is 18.7 Å². The predicted molar refractivity (Wildman–Crippen MR) is 223 cm³/mol. The Kier molecular flexibility index (Phi) is 13.8. The van der Waals surface area contributed by atoms with Gasteiger partial charge < -0.3 is 28.0 Å². The van der Waals surface area contributed by atoms with Crippen LogP contribution in [0.4, 0.5) is 0 Å². The molecule has 11 nitrogen and oxygen atoms in total. The smallest absolute Gasteiger partial charge is 0.330 e. The molecule has 302 valence electrons. The van der Waals surface area contributed by atoms with E-state index in [0.29, 0.717) is 30.1 Å². The van der Waals surface area contributed by atoms with Gasteiger partial charge in [0.15, 0.2) is 0 Å². The first kappa shape index (κ1) is 42.0. The number of hydrogen-bond donors (Lipinski definition) is 1. The van der Waals surface area contributed by atoms with Crippen LogP contribution in [-0.2, 0) is 30.7 Å². The third-order valence-corrected chi connectivity index (χ3v) is 12.4. The van der Waals surface area contributed by atoms with Crippen molar-refractivity contribution in [1.82, 2.24) is 14.2 Å². The van der Waals surface area contributed by atoms with Gasteiger partial charge >= 0.3 is 5.69 Å². The second-order valence-electron chi connectivity index (χ2n) is 14.8. The van der Waals surface area contributed by atoms with Gasteiger partial charge in [0.1, 0.15) is 29.4 Å². The minimum Gasteiger partial charge on any atom is -0.497 e. The van der Waals surface area contributed by atoms with Gasteiger partial charge in [-0.25, -0.2) is 9.46 Å². The van der Waals surface area contributed by atoms with Gasteiger partial charge in [-0.3, -0.25) is 14.3 Å². The molecule has 1 aromatic heterocycles. The van der Waals surface area contributed by atoms with Crippen LogP contribution in [0.2, 0.25) is 0 Å². The number of aromatic amines is 1.